The van der Waals surface area contributed by atoms with E-state index in [9.17, 15) is 0 Å². The topological polar surface area (TPSA) is 24.5 Å². The minimum atomic E-state index is 0.546. The van der Waals surface area contributed by atoms with E-state index in [2.05, 4.69) is 35.3 Å². The van der Waals surface area contributed by atoms with Gasteiger partial charge in [0, 0.05) is 13.1 Å². The predicted octanol–water partition coefficient (Wildman–Crippen LogP) is 2.02. The third-order valence-corrected chi connectivity index (χ3v) is 3.48. The monoisotopic (exact) mass is 218 g/mol. The quantitative estimate of drug-likeness (QED) is 0.721. The first kappa shape index (κ1) is 9.97. The molecule has 3 nitrogen and oxygen atoms in total. The molecule has 3 heteroatoms. The van der Waals surface area contributed by atoms with Gasteiger partial charge in [-0.25, -0.2) is 0 Å². The normalized spacial score (nSPS) is 24.1. The van der Waals surface area contributed by atoms with Gasteiger partial charge in [-0.1, -0.05) is 6.07 Å². The van der Waals surface area contributed by atoms with E-state index in [4.69, 9.17) is 4.74 Å². The fraction of sp³-hybridized carbons (Fsp3) is 0.538. The summed E-state index contributed by atoms with van der Waals surface area (Å²) in [5.74, 6) is 0. The summed E-state index contributed by atoms with van der Waals surface area (Å²) in [5, 5.41) is 3.53. The zero-order valence-corrected chi connectivity index (χ0v) is 9.70. The number of nitrogens with one attached hydrogen (secondary N) is 1. The minimum absolute atomic E-state index is 0.546. The predicted molar refractivity (Wildman–Crippen MR) is 66.2 cm³/mol. The Kier molecular flexibility index (Phi) is 2.48. The molecule has 0 bridgehead atoms. The Morgan fingerprint density at radius 2 is 2.38 bits per heavy atom. The van der Waals surface area contributed by atoms with Gasteiger partial charge >= 0.3 is 0 Å². The molecule has 3 rings (SSSR count). The van der Waals surface area contributed by atoms with E-state index in [1.54, 1.807) is 0 Å². The number of anilines is 2. The molecule has 1 fully saturated rings. The fourth-order valence-corrected chi connectivity index (χ4v) is 2.63. The van der Waals surface area contributed by atoms with E-state index in [1.807, 2.05) is 0 Å². The van der Waals surface area contributed by atoms with Gasteiger partial charge < -0.3 is 15.0 Å². The highest BCUT2D eigenvalue weighted by molar-refractivity contribution is 5.72. The van der Waals surface area contributed by atoms with Crippen LogP contribution in [0.3, 0.4) is 0 Å². The SMILES string of the molecule is Cc1ccc2c(c1)NCCC1COCCN21. The van der Waals surface area contributed by atoms with Crippen LogP contribution in [0.25, 0.3) is 0 Å². The Bertz CT molecular complexity index is 392. The highest BCUT2D eigenvalue weighted by Crippen LogP contribution is 2.32. The van der Waals surface area contributed by atoms with Gasteiger partial charge in [0.15, 0.2) is 0 Å². The Morgan fingerprint density at radius 1 is 1.44 bits per heavy atom. The number of nitrogens with zero attached hydrogens (tertiary/aromatic N) is 1. The summed E-state index contributed by atoms with van der Waals surface area (Å²) in [4.78, 5) is 2.50. The molecule has 2 aliphatic heterocycles. The smallest absolute Gasteiger partial charge is 0.0671 e. The molecule has 86 valence electrons. The maximum atomic E-state index is 5.56. The van der Waals surface area contributed by atoms with Gasteiger partial charge in [0.25, 0.3) is 0 Å². The Labute approximate surface area is 96.4 Å². The molecule has 0 radical (unpaired) electrons. The van der Waals surface area contributed by atoms with Crippen molar-refractivity contribution in [1.82, 2.24) is 0 Å². The number of hydrogen-bond donors (Lipinski definition) is 1. The van der Waals surface area contributed by atoms with E-state index >= 15 is 0 Å². The standard InChI is InChI=1S/C13H18N2O/c1-10-2-3-13-12(8-10)14-5-4-11-9-16-7-6-15(11)13/h2-3,8,11,14H,4-7,9H2,1H3. The van der Waals surface area contributed by atoms with Crippen molar-refractivity contribution in [1.29, 1.82) is 0 Å². The van der Waals surface area contributed by atoms with Crippen LogP contribution in [-0.4, -0.2) is 32.3 Å². The number of rotatable bonds is 0. The largest absolute Gasteiger partial charge is 0.383 e. The third kappa shape index (κ3) is 1.65. The molecule has 1 unspecified atom stereocenters. The van der Waals surface area contributed by atoms with Gasteiger partial charge in [-0.05, 0) is 31.0 Å². The lowest BCUT2D eigenvalue weighted by molar-refractivity contribution is 0.0931. The molecule has 16 heavy (non-hydrogen) atoms. The van der Waals surface area contributed by atoms with Gasteiger partial charge in [0.05, 0.1) is 30.6 Å². The van der Waals surface area contributed by atoms with E-state index in [0.29, 0.717) is 6.04 Å². The van der Waals surface area contributed by atoms with Crippen LogP contribution in [0.1, 0.15) is 12.0 Å². The first-order valence-corrected chi connectivity index (χ1v) is 6.03. The number of hydrogen-bond acceptors (Lipinski definition) is 3. The van der Waals surface area contributed by atoms with Gasteiger partial charge in [0.1, 0.15) is 0 Å². The molecular weight excluding hydrogens is 200 g/mol. The second-order valence-electron chi connectivity index (χ2n) is 4.66. The molecule has 1 N–H and O–H groups in total. The maximum Gasteiger partial charge on any atom is 0.0671 e. The molecule has 1 aromatic rings. The van der Waals surface area contributed by atoms with Crippen molar-refractivity contribution in [2.24, 2.45) is 0 Å². The van der Waals surface area contributed by atoms with E-state index < -0.39 is 0 Å². The van der Waals surface area contributed by atoms with Gasteiger partial charge in [-0.2, -0.15) is 0 Å². The zero-order chi connectivity index (χ0) is 11.0. The summed E-state index contributed by atoms with van der Waals surface area (Å²) in [6.45, 7) is 5.92. The number of aryl methyl sites for hydroxylation is 1. The van der Waals surface area contributed by atoms with Crippen LogP contribution in [0, 0.1) is 6.92 Å². The summed E-state index contributed by atoms with van der Waals surface area (Å²) in [7, 11) is 0. The summed E-state index contributed by atoms with van der Waals surface area (Å²) < 4.78 is 5.56. The Balaban J connectivity index is 2.00. The summed E-state index contributed by atoms with van der Waals surface area (Å²) >= 11 is 0. The lowest BCUT2D eigenvalue weighted by Gasteiger charge is -2.36. The zero-order valence-electron chi connectivity index (χ0n) is 9.70. The molecule has 0 aliphatic carbocycles. The number of morpholine rings is 1. The molecule has 0 aromatic heterocycles. The Hall–Kier alpha value is -1.22. The molecule has 1 aromatic carbocycles. The number of fused-ring (bicyclic) bond motifs is 3. The van der Waals surface area contributed by atoms with Crippen LogP contribution in [0.4, 0.5) is 11.4 Å². The average Bonchev–Trinajstić information content (AvgIpc) is 2.47. The molecule has 1 atom stereocenters. The summed E-state index contributed by atoms with van der Waals surface area (Å²) in [5.41, 5.74) is 3.94. The van der Waals surface area contributed by atoms with Crippen molar-refractivity contribution in [3.8, 4) is 0 Å². The lowest BCUT2D eigenvalue weighted by atomic mass is 10.1. The lowest BCUT2D eigenvalue weighted by Crippen LogP contribution is -2.45. The van der Waals surface area contributed by atoms with Gasteiger partial charge in [0.2, 0.25) is 0 Å². The number of ether oxygens (including phenoxy) is 1. The van der Waals surface area contributed by atoms with Crippen molar-refractivity contribution < 1.29 is 4.74 Å². The third-order valence-electron chi connectivity index (χ3n) is 3.48. The highest BCUT2D eigenvalue weighted by atomic mass is 16.5. The van der Waals surface area contributed by atoms with E-state index in [0.717, 1.165) is 32.7 Å². The Morgan fingerprint density at radius 3 is 3.31 bits per heavy atom. The molecule has 0 saturated carbocycles. The molecular formula is C13H18N2O. The van der Waals surface area contributed by atoms with Crippen LogP contribution in [0.15, 0.2) is 18.2 Å². The maximum absolute atomic E-state index is 5.56. The fourth-order valence-electron chi connectivity index (χ4n) is 2.63. The molecule has 2 aliphatic rings. The summed E-state index contributed by atoms with van der Waals surface area (Å²) in [6, 6.07) is 7.22. The first-order valence-electron chi connectivity index (χ1n) is 6.03. The van der Waals surface area contributed by atoms with Crippen LogP contribution in [0.2, 0.25) is 0 Å². The number of benzene rings is 1. The van der Waals surface area contributed by atoms with Crippen LogP contribution in [0.5, 0.6) is 0 Å². The second-order valence-corrected chi connectivity index (χ2v) is 4.66. The second kappa shape index (κ2) is 3.98. The van der Waals surface area contributed by atoms with E-state index in [1.165, 1.54) is 16.9 Å². The van der Waals surface area contributed by atoms with Crippen molar-refractivity contribution in [3.05, 3.63) is 23.8 Å². The van der Waals surface area contributed by atoms with Gasteiger partial charge in [-0.3, -0.25) is 0 Å². The minimum Gasteiger partial charge on any atom is -0.383 e. The first-order chi connectivity index (χ1) is 7.84. The van der Waals surface area contributed by atoms with Crippen molar-refractivity contribution in [2.45, 2.75) is 19.4 Å². The highest BCUT2D eigenvalue weighted by Gasteiger charge is 2.26. The van der Waals surface area contributed by atoms with Crippen LogP contribution < -0.4 is 10.2 Å². The molecule has 2 heterocycles. The van der Waals surface area contributed by atoms with Crippen molar-refractivity contribution in [2.75, 3.05) is 36.5 Å². The molecule has 1 saturated heterocycles. The molecule has 0 amide bonds. The summed E-state index contributed by atoms with van der Waals surface area (Å²) in [6.07, 6.45) is 1.16. The van der Waals surface area contributed by atoms with Crippen LogP contribution in [-0.2, 0) is 4.74 Å². The molecule has 0 spiro atoms. The van der Waals surface area contributed by atoms with Gasteiger partial charge in [-0.15, -0.1) is 0 Å². The van der Waals surface area contributed by atoms with E-state index in [-0.39, 0.29) is 0 Å². The van der Waals surface area contributed by atoms with Crippen LogP contribution >= 0.6 is 0 Å². The average molecular weight is 218 g/mol. The van der Waals surface area contributed by atoms with Crippen molar-refractivity contribution in [3.63, 3.8) is 0 Å². The van der Waals surface area contributed by atoms with Crippen molar-refractivity contribution >= 4 is 11.4 Å².